The molecule has 1 N–H and O–H groups in total. The molecule has 1 aliphatic rings. The van der Waals surface area contributed by atoms with Crippen LogP contribution < -0.4 is 5.32 Å². The van der Waals surface area contributed by atoms with Crippen molar-refractivity contribution in [3.8, 4) is 0 Å². The zero-order chi connectivity index (χ0) is 18.5. The molecular formula is C19H15FN2O3S. The van der Waals surface area contributed by atoms with E-state index in [4.69, 9.17) is 0 Å². The van der Waals surface area contributed by atoms with E-state index in [1.807, 2.05) is 30.3 Å². The molecule has 0 spiro atoms. The molecule has 26 heavy (non-hydrogen) atoms. The number of benzene rings is 2. The molecule has 0 atom stereocenters. The van der Waals surface area contributed by atoms with E-state index < -0.39 is 22.9 Å². The number of hydrogen-bond donors (Lipinski definition) is 1. The minimum Gasteiger partial charge on any atom is -0.350 e. The highest BCUT2D eigenvalue weighted by Gasteiger charge is 2.34. The summed E-state index contributed by atoms with van der Waals surface area (Å²) in [5.41, 5.74) is 0.747. The van der Waals surface area contributed by atoms with Crippen LogP contribution in [0.3, 0.4) is 0 Å². The van der Waals surface area contributed by atoms with Crippen LogP contribution in [0.4, 0.5) is 9.18 Å². The number of imide groups is 1. The first kappa shape index (κ1) is 17.9. The molecule has 2 aromatic carbocycles. The Labute approximate surface area is 153 Å². The van der Waals surface area contributed by atoms with Gasteiger partial charge in [0.05, 0.1) is 10.5 Å². The van der Waals surface area contributed by atoms with Crippen LogP contribution in [-0.2, 0) is 4.79 Å². The number of halogens is 1. The fourth-order valence-electron chi connectivity index (χ4n) is 2.42. The molecule has 1 aliphatic heterocycles. The van der Waals surface area contributed by atoms with Gasteiger partial charge in [-0.1, -0.05) is 42.5 Å². The Balaban J connectivity index is 1.59. The van der Waals surface area contributed by atoms with Gasteiger partial charge in [0, 0.05) is 13.1 Å². The number of hydrogen-bond acceptors (Lipinski definition) is 4. The van der Waals surface area contributed by atoms with E-state index in [-0.39, 0.29) is 18.7 Å². The Hall–Kier alpha value is -2.93. The first-order chi connectivity index (χ1) is 12.6. The predicted octanol–water partition coefficient (Wildman–Crippen LogP) is 3.29. The second kappa shape index (κ2) is 7.97. The van der Waals surface area contributed by atoms with Gasteiger partial charge in [0.2, 0.25) is 0 Å². The summed E-state index contributed by atoms with van der Waals surface area (Å²) in [5.74, 6) is -1.61. The lowest BCUT2D eigenvalue weighted by atomic mass is 10.2. The van der Waals surface area contributed by atoms with Crippen LogP contribution in [0.1, 0.15) is 15.9 Å². The van der Waals surface area contributed by atoms with Gasteiger partial charge in [-0.15, -0.1) is 0 Å². The van der Waals surface area contributed by atoms with Crippen molar-refractivity contribution in [1.82, 2.24) is 10.2 Å². The summed E-state index contributed by atoms with van der Waals surface area (Å²) in [7, 11) is 0. The first-order valence-corrected chi connectivity index (χ1v) is 8.71. The third kappa shape index (κ3) is 4.00. The standard InChI is InChI=1S/C19H15FN2O3S/c20-15-9-5-4-8-14(15)17(23)21-10-11-22-18(24)16(26-19(22)25)12-13-6-2-1-3-7-13/h1-9,12H,10-11H2,(H,21,23)/b16-12-. The van der Waals surface area contributed by atoms with Crippen molar-refractivity contribution in [3.05, 3.63) is 76.4 Å². The van der Waals surface area contributed by atoms with Crippen molar-refractivity contribution in [3.63, 3.8) is 0 Å². The summed E-state index contributed by atoms with van der Waals surface area (Å²) >= 11 is 0.860. The number of thioether (sulfide) groups is 1. The lowest BCUT2D eigenvalue weighted by Gasteiger charge is -2.13. The zero-order valence-corrected chi connectivity index (χ0v) is 14.5. The van der Waals surface area contributed by atoms with Crippen molar-refractivity contribution in [2.45, 2.75) is 0 Å². The van der Waals surface area contributed by atoms with Gasteiger partial charge in [-0.05, 0) is 35.5 Å². The number of nitrogens with zero attached hydrogens (tertiary/aromatic N) is 1. The molecule has 2 aromatic rings. The van der Waals surface area contributed by atoms with Crippen LogP contribution in [0, 0.1) is 5.82 Å². The van der Waals surface area contributed by atoms with Crippen molar-refractivity contribution >= 4 is 34.9 Å². The monoisotopic (exact) mass is 370 g/mol. The van der Waals surface area contributed by atoms with Gasteiger partial charge < -0.3 is 5.32 Å². The van der Waals surface area contributed by atoms with E-state index in [0.717, 1.165) is 22.2 Å². The quantitative estimate of drug-likeness (QED) is 0.820. The molecule has 7 heteroatoms. The molecule has 1 saturated heterocycles. The Morgan fingerprint density at radius 2 is 1.77 bits per heavy atom. The van der Waals surface area contributed by atoms with Crippen LogP contribution >= 0.6 is 11.8 Å². The number of rotatable bonds is 5. The minimum absolute atomic E-state index is 0.0248. The molecule has 132 valence electrons. The maximum absolute atomic E-state index is 13.6. The van der Waals surface area contributed by atoms with Crippen LogP contribution in [0.2, 0.25) is 0 Å². The van der Waals surface area contributed by atoms with E-state index in [9.17, 15) is 18.8 Å². The zero-order valence-electron chi connectivity index (χ0n) is 13.6. The predicted molar refractivity (Wildman–Crippen MR) is 97.9 cm³/mol. The molecular weight excluding hydrogens is 355 g/mol. The number of amides is 3. The molecule has 0 radical (unpaired) electrons. The largest absolute Gasteiger partial charge is 0.350 e. The fourth-order valence-corrected chi connectivity index (χ4v) is 3.28. The normalized spacial score (nSPS) is 15.6. The van der Waals surface area contributed by atoms with Crippen LogP contribution in [0.15, 0.2) is 59.5 Å². The van der Waals surface area contributed by atoms with E-state index >= 15 is 0 Å². The lowest BCUT2D eigenvalue weighted by Crippen LogP contribution is -2.37. The van der Waals surface area contributed by atoms with Crippen LogP contribution in [-0.4, -0.2) is 35.0 Å². The van der Waals surface area contributed by atoms with Crippen molar-refractivity contribution < 1.29 is 18.8 Å². The summed E-state index contributed by atoms with van der Waals surface area (Å²) in [4.78, 5) is 37.8. The Bertz CT molecular complexity index is 883. The highest BCUT2D eigenvalue weighted by molar-refractivity contribution is 8.18. The Kier molecular flexibility index (Phi) is 5.48. The lowest BCUT2D eigenvalue weighted by molar-refractivity contribution is -0.122. The molecule has 3 rings (SSSR count). The number of carbonyl (C=O) groups excluding carboxylic acids is 3. The number of nitrogens with one attached hydrogen (secondary N) is 1. The average Bonchev–Trinajstić information content (AvgIpc) is 2.90. The second-order valence-electron chi connectivity index (χ2n) is 5.48. The Morgan fingerprint density at radius 3 is 2.50 bits per heavy atom. The van der Waals surface area contributed by atoms with Crippen molar-refractivity contribution in [2.24, 2.45) is 0 Å². The van der Waals surface area contributed by atoms with Crippen molar-refractivity contribution in [2.75, 3.05) is 13.1 Å². The van der Waals surface area contributed by atoms with Gasteiger partial charge in [-0.3, -0.25) is 19.3 Å². The highest BCUT2D eigenvalue weighted by Crippen LogP contribution is 2.31. The third-order valence-corrected chi connectivity index (χ3v) is 4.62. The second-order valence-corrected chi connectivity index (χ2v) is 6.47. The van der Waals surface area contributed by atoms with Gasteiger partial charge in [0.25, 0.3) is 17.1 Å². The van der Waals surface area contributed by atoms with Crippen molar-refractivity contribution in [1.29, 1.82) is 0 Å². The number of carbonyl (C=O) groups is 3. The molecule has 0 unspecified atom stereocenters. The van der Waals surface area contributed by atoms with E-state index in [1.165, 1.54) is 18.2 Å². The van der Waals surface area contributed by atoms with E-state index in [2.05, 4.69) is 5.32 Å². The van der Waals surface area contributed by atoms with Gasteiger partial charge in [0.15, 0.2) is 0 Å². The summed E-state index contributed by atoms with van der Waals surface area (Å²) in [6.45, 7) is 0.0703. The smallest absolute Gasteiger partial charge is 0.293 e. The molecule has 1 heterocycles. The maximum atomic E-state index is 13.6. The van der Waals surface area contributed by atoms with Gasteiger partial charge in [0.1, 0.15) is 5.82 Å². The SMILES string of the molecule is O=C(NCCN1C(=O)S/C(=C\c2ccccc2)C1=O)c1ccccc1F. The Morgan fingerprint density at radius 1 is 1.08 bits per heavy atom. The first-order valence-electron chi connectivity index (χ1n) is 7.89. The summed E-state index contributed by atoms with van der Waals surface area (Å²) in [5, 5.41) is 2.13. The van der Waals surface area contributed by atoms with Gasteiger partial charge in [-0.25, -0.2) is 4.39 Å². The molecule has 0 saturated carbocycles. The van der Waals surface area contributed by atoms with E-state index in [1.54, 1.807) is 12.1 Å². The molecule has 5 nitrogen and oxygen atoms in total. The summed E-state index contributed by atoms with van der Waals surface area (Å²) < 4.78 is 13.6. The fraction of sp³-hybridized carbons (Fsp3) is 0.105. The molecule has 0 bridgehead atoms. The van der Waals surface area contributed by atoms with Crippen LogP contribution in [0.25, 0.3) is 6.08 Å². The maximum Gasteiger partial charge on any atom is 0.293 e. The molecule has 3 amide bonds. The summed E-state index contributed by atoms with van der Waals surface area (Å²) in [6.07, 6.45) is 1.66. The van der Waals surface area contributed by atoms with E-state index in [0.29, 0.717) is 4.91 Å². The van der Waals surface area contributed by atoms with Crippen LogP contribution in [0.5, 0.6) is 0 Å². The van der Waals surface area contributed by atoms with Gasteiger partial charge in [-0.2, -0.15) is 0 Å². The van der Waals surface area contributed by atoms with Gasteiger partial charge >= 0.3 is 0 Å². The topological polar surface area (TPSA) is 66.5 Å². The summed E-state index contributed by atoms with van der Waals surface area (Å²) in [6, 6.07) is 14.8. The third-order valence-electron chi connectivity index (χ3n) is 3.71. The molecule has 1 fully saturated rings. The molecule has 0 aliphatic carbocycles. The highest BCUT2D eigenvalue weighted by atomic mass is 32.2. The minimum atomic E-state index is -0.623. The average molecular weight is 370 g/mol. The molecule has 0 aromatic heterocycles.